The van der Waals surface area contributed by atoms with Crippen molar-refractivity contribution < 1.29 is 4.74 Å². The number of nitrogens with one attached hydrogen (secondary N) is 2. The smallest absolute Gasteiger partial charge is 0.191 e. The van der Waals surface area contributed by atoms with E-state index >= 15 is 0 Å². The van der Waals surface area contributed by atoms with E-state index in [4.69, 9.17) is 9.73 Å². The molecule has 2 aromatic rings. The summed E-state index contributed by atoms with van der Waals surface area (Å²) in [5.74, 6) is 0.874. The minimum atomic E-state index is 0.355. The molecule has 1 aliphatic rings. The van der Waals surface area contributed by atoms with E-state index < -0.39 is 0 Å². The van der Waals surface area contributed by atoms with E-state index in [1.54, 1.807) is 7.11 Å². The topological polar surface area (TPSA) is 63.5 Å². The van der Waals surface area contributed by atoms with E-state index in [0.29, 0.717) is 12.0 Å². The number of guanidine groups is 1. The minimum Gasteiger partial charge on any atom is -0.385 e. The van der Waals surface area contributed by atoms with Crippen LogP contribution >= 0.6 is 0 Å². The summed E-state index contributed by atoms with van der Waals surface area (Å²) in [4.78, 5) is 4.87. The highest BCUT2D eigenvalue weighted by molar-refractivity contribution is 5.79. The number of benzene rings is 1. The first-order valence-corrected chi connectivity index (χ1v) is 10.7. The maximum absolute atomic E-state index is 5.32. The largest absolute Gasteiger partial charge is 0.385 e. The van der Waals surface area contributed by atoms with E-state index in [1.807, 2.05) is 11.6 Å². The molecule has 1 saturated carbocycles. The van der Waals surface area contributed by atoms with E-state index in [1.165, 1.54) is 19.3 Å². The Morgan fingerprint density at radius 1 is 1.24 bits per heavy atom. The van der Waals surface area contributed by atoms with Crippen LogP contribution in [0.1, 0.15) is 49.6 Å². The SMILES string of the molecule is CCNC(=NCc1ccccc1-n1nc(C)cc1C)NCC1(CCOC)CCC1. The van der Waals surface area contributed by atoms with Gasteiger partial charge in [-0.25, -0.2) is 9.67 Å². The second kappa shape index (κ2) is 9.92. The Balaban J connectivity index is 1.71. The third kappa shape index (κ3) is 5.38. The summed E-state index contributed by atoms with van der Waals surface area (Å²) in [6, 6.07) is 10.5. The summed E-state index contributed by atoms with van der Waals surface area (Å²) in [6.07, 6.45) is 4.96. The second-order valence-electron chi connectivity index (χ2n) is 8.11. The second-order valence-corrected chi connectivity index (χ2v) is 8.11. The number of ether oxygens (including phenoxy) is 1. The fourth-order valence-corrected chi connectivity index (χ4v) is 4.01. The lowest BCUT2D eigenvalue weighted by Gasteiger charge is -2.42. The Labute approximate surface area is 174 Å². The molecule has 1 heterocycles. The molecule has 3 rings (SSSR count). The van der Waals surface area contributed by atoms with Crippen molar-refractivity contribution in [2.75, 3.05) is 26.8 Å². The fourth-order valence-electron chi connectivity index (χ4n) is 4.01. The van der Waals surface area contributed by atoms with Crippen molar-refractivity contribution in [2.45, 2.75) is 53.0 Å². The minimum absolute atomic E-state index is 0.355. The quantitative estimate of drug-likeness (QED) is 0.500. The molecule has 0 spiro atoms. The number of aliphatic imine (C=N–C) groups is 1. The molecule has 158 valence electrons. The molecular weight excluding hydrogens is 362 g/mol. The fraction of sp³-hybridized carbons (Fsp3) is 0.565. The Morgan fingerprint density at radius 2 is 2.03 bits per heavy atom. The molecule has 1 aromatic heterocycles. The van der Waals surface area contributed by atoms with Gasteiger partial charge in [0.1, 0.15) is 0 Å². The van der Waals surface area contributed by atoms with Crippen LogP contribution in [0.25, 0.3) is 5.69 Å². The molecule has 6 nitrogen and oxygen atoms in total. The van der Waals surface area contributed by atoms with Gasteiger partial charge in [0.25, 0.3) is 0 Å². The van der Waals surface area contributed by atoms with Crippen LogP contribution in [0.15, 0.2) is 35.3 Å². The van der Waals surface area contributed by atoms with Gasteiger partial charge in [0.15, 0.2) is 5.96 Å². The first-order chi connectivity index (χ1) is 14.1. The lowest BCUT2D eigenvalue weighted by molar-refractivity contribution is 0.0732. The van der Waals surface area contributed by atoms with E-state index in [9.17, 15) is 0 Å². The highest BCUT2D eigenvalue weighted by Crippen LogP contribution is 2.43. The van der Waals surface area contributed by atoms with Gasteiger partial charge in [-0.1, -0.05) is 24.6 Å². The average molecular weight is 398 g/mol. The van der Waals surface area contributed by atoms with Crippen LogP contribution in [0.2, 0.25) is 0 Å². The predicted molar refractivity (Wildman–Crippen MR) is 119 cm³/mol. The summed E-state index contributed by atoms with van der Waals surface area (Å²) in [5.41, 5.74) is 4.77. The van der Waals surface area contributed by atoms with Crippen LogP contribution in [0, 0.1) is 19.3 Å². The van der Waals surface area contributed by atoms with Gasteiger partial charge in [0.2, 0.25) is 0 Å². The number of aromatic nitrogens is 2. The summed E-state index contributed by atoms with van der Waals surface area (Å²) >= 11 is 0. The Morgan fingerprint density at radius 3 is 2.66 bits per heavy atom. The average Bonchev–Trinajstić information content (AvgIpc) is 3.03. The van der Waals surface area contributed by atoms with E-state index in [0.717, 1.165) is 54.7 Å². The van der Waals surface area contributed by atoms with Crippen molar-refractivity contribution in [3.63, 3.8) is 0 Å². The van der Waals surface area contributed by atoms with Crippen molar-refractivity contribution in [3.8, 4) is 5.69 Å². The highest BCUT2D eigenvalue weighted by Gasteiger charge is 2.36. The number of hydrogen-bond acceptors (Lipinski definition) is 3. The van der Waals surface area contributed by atoms with Gasteiger partial charge in [0.05, 0.1) is 17.9 Å². The molecule has 6 heteroatoms. The van der Waals surface area contributed by atoms with Gasteiger partial charge in [-0.15, -0.1) is 0 Å². The lowest BCUT2D eigenvalue weighted by atomic mass is 9.67. The Hall–Kier alpha value is -2.34. The van der Waals surface area contributed by atoms with Gasteiger partial charge >= 0.3 is 0 Å². The molecule has 29 heavy (non-hydrogen) atoms. The molecule has 0 unspecified atom stereocenters. The maximum Gasteiger partial charge on any atom is 0.191 e. The molecule has 0 saturated heterocycles. The maximum atomic E-state index is 5.32. The molecule has 0 radical (unpaired) electrons. The molecule has 1 fully saturated rings. The van der Waals surface area contributed by atoms with Crippen LogP contribution < -0.4 is 10.6 Å². The van der Waals surface area contributed by atoms with Gasteiger partial charge in [-0.3, -0.25) is 0 Å². The Kier molecular flexibility index (Phi) is 7.31. The zero-order chi connectivity index (χ0) is 20.7. The molecule has 0 aliphatic heterocycles. The molecule has 1 aromatic carbocycles. The van der Waals surface area contributed by atoms with Crippen LogP contribution in [0.5, 0.6) is 0 Å². The summed E-state index contributed by atoms with van der Waals surface area (Å²) in [6.45, 7) is 9.43. The molecule has 0 atom stereocenters. The third-order valence-corrected chi connectivity index (χ3v) is 5.86. The lowest BCUT2D eigenvalue weighted by Crippen LogP contribution is -2.47. The van der Waals surface area contributed by atoms with Crippen molar-refractivity contribution in [1.29, 1.82) is 0 Å². The van der Waals surface area contributed by atoms with Gasteiger partial charge < -0.3 is 15.4 Å². The highest BCUT2D eigenvalue weighted by atomic mass is 16.5. The standard InChI is InChI=1S/C23H35N5O/c1-5-24-22(26-17-23(11-8-12-23)13-14-29-4)25-16-20-9-6-7-10-21(20)28-19(3)15-18(2)27-28/h6-7,9-10,15H,5,8,11-14,16-17H2,1-4H3,(H2,24,25,26). The first kappa shape index (κ1) is 21.4. The third-order valence-electron chi connectivity index (χ3n) is 5.86. The molecule has 0 amide bonds. The number of aryl methyl sites for hydroxylation is 2. The van der Waals surface area contributed by atoms with E-state index in [-0.39, 0.29) is 0 Å². The van der Waals surface area contributed by atoms with E-state index in [2.05, 4.69) is 59.9 Å². The van der Waals surface area contributed by atoms with Crippen LogP contribution in [0.3, 0.4) is 0 Å². The number of nitrogens with zero attached hydrogens (tertiary/aromatic N) is 3. The van der Waals surface area contributed by atoms with Crippen molar-refractivity contribution in [1.82, 2.24) is 20.4 Å². The van der Waals surface area contributed by atoms with Crippen molar-refractivity contribution >= 4 is 5.96 Å². The molecule has 1 aliphatic carbocycles. The summed E-state index contributed by atoms with van der Waals surface area (Å²) < 4.78 is 7.33. The van der Waals surface area contributed by atoms with Crippen LogP contribution in [0.4, 0.5) is 0 Å². The predicted octanol–water partition coefficient (Wildman–Crippen LogP) is 3.75. The zero-order valence-electron chi connectivity index (χ0n) is 18.3. The first-order valence-electron chi connectivity index (χ1n) is 10.7. The van der Waals surface area contributed by atoms with Crippen molar-refractivity contribution in [2.24, 2.45) is 10.4 Å². The summed E-state index contributed by atoms with van der Waals surface area (Å²) in [7, 11) is 1.78. The van der Waals surface area contributed by atoms with Crippen molar-refractivity contribution in [3.05, 3.63) is 47.3 Å². The molecular formula is C23H35N5O. The molecule has 2 N–H and O–H groups in total. The van der Waals surface area contributed by atoms with Gasteiger partial charge in [0, 0.05) is 32.5 Å². The van der Waals surface area contributed by atoms with Crippen LogP contribution in [-0.2, 0) is 11.3 Å². The number of para-hydroxylation sites is 1. The monoisotopic (exact) mass is 397 g/mol. The zero-order valence-corrected chi connectivity index (χ0v) is 18.3. The van der Waals surface area contributed by atoms with Gasteiger partial charge in [-0.2, -0.15) is 5.10 Å². The van der Waals surface area contributed by atoms with Gasteiger partial charge in [-0.05, 0) is 63.1 Å². The number of methoxy groups -OCH3 is 1. The van der Waals surface area contributed by atoms with Crippen LogP contribution in [-0.4, -0.2) is 42.5 Å². The molecule has 0 bridgehead atoms. The number of hydrogen-bond donors (Lipinski definition) is 2. The normalized spacial score (nSPS) is 15.8. The summed E-state index contributed by atoms with van der Waals surface area (Å²) in [5, 5.41) is 11.6. The Bertz CT molecular complexity index is 822. The number of rotatable bonds is 9.